The van der Waals surface area contributed by atoms with Crippen molar-refractivity contribution in [3.8, 4) is 17.1 Å². The zero-order valence-corrected chi connectivity index (χ0v) is 12.4. The molecule has 0 saturated heterocycles. The summed E-state index contributed by atoms with van der Waals surface area (Å²) in [6.07, 6.45) is 1.22. The number of aromatic nitrogens is 2. The monoisotopic (exact) mass is 310 g/mol. The number of fused-ring (bicyclic) bond motifs is 1. The Hall–Kier alpha value is -3.15. The Bertz CT molecular complexity index is 947. The smallest absolute Gasteiger partial charge is 0.345 e. The summed E-state index contributed by atoms with van der Waals surface area (Å²) in [5.41, 5.74) is 0.0382. The molecular formula is C17H14N2O4. The molecule has 6 nitrogen and oxygen atoms in total. The molecule has 0 aliphatic carbocycles. The highest BCUT2D eigenvalue weighted by molar-refractivity contribution is 5.89. The molecule has 0 bridgehead atoms. The van der Waals surface area contributed by atoms with Crippen molar-refractivity contribution in [3.05, 3.63) is 58.5 Å². The summed E-state index contributed by atoms with van der Waals surface area (Å²) in [6.45, 7) is 1.86. The van der Waals surface area contributed by atoms with Gasteiger partial charge in [0, 0.05) is 11.8 Å². The number of phenolic OH excluding ortho intramolecular Hbond substituents is 1. The molecular weight excluding hydrogens is 296 g/mol. The first kappa shape index (κ1) is 14.8. The van der Waals surface area contributed by atoms with Gasteiger partial charge in [-0.25, -0.2) is 9.78 Å². The van der Waals surface area contributed by atoms with Crippen molar-refractivity contribution in [2.24, 2.45) is 0 Å². The fourth-order valence-electron chi connectivity index (χ4n) is 2.28. The predicted molar refractivity (Wildman–Crippen MR) is 85.4 cm³/mol. The third-order valence-corrected chi connectivity index (χ3v) is 3.39. The van der Waals surface area contributed by atoms with Crippen molar-refractivity contribution in [1.29, 1.82) is 0 Å². The summed E-state index contributed by atoms with van der Waals surface area (Å²) in [4.78, 5) is 30.3. The van der Waals surface area contributed by atoms with E-state index in [1.165, 1.54) is 6.20 Å². The number of hydrogen-bond donors (Lipinski definition) is 2. The van der Waals surface area contributed by atoms with E-state index in [-0.39, 0.29) is 17.9 Å². The van der Waals surface area contributed by atoms with Crippen molar-refractivity contribution < 1.29 is 14.6 Å². The second-order valence-corrected chi connectivity index (χ2v) is 4.94. The van der Waals surface area contributed by atoms with Crippen LogP contribution < -0.4 is 5.56 Å². The second kappa shape index (κ2) is 5.92. The molecule has 23 heavy (non-hydrogen) atoms. The molecule has 2 N–H and O–H groups in total. The molecule has 2 aromatic carbocycles. The second-order valence-electron chi connectivity index (χ2n) is 4.94. The number of esters is 1. The average molecular weight is 310 g/mol. The standard InChI is InChI=1S/C17H14N2O4/c1-2-23-17(22)14-9-18-15(19-16(14)21)12-4-3-11-8-13(20)6-5-10(11)7-12/h3-9,20H,2H2,1H3,(H,18,19,21). The van der Waals surface area contributed by atoms with Gasteiger partial charge in [0.15, 0.2) is 0 Å². The number of carbonyl (C=O) groups is 1. The van der Waals surface area contributed by atoms with Gasteiger partial charge in [0.25, 0.3) is 5.56 Å². The Morgan fingerprint density at radius 3 is 2.70 bits per heavy atom. The molecule has 0 saturated carbocycles. The zero-order chi connectivity index (χ0) is 16.4. The van der Waals surface area contributed by atoms with E-state index in [2.05, 4.69) is 9.97 Å². The Balaban J connectivity index is 2.02. The van der Waals surface area contributed by atoms with Crippen LogP contribution in [0.15, 0.2) is 47.4 Å². The molecule has 0 atom stereocenters. The van der Waals surface area contributed by atoms with Crippen molar-refractivity contribution in [1.82, 2.24) is 9.97 Å². The van der Waals surface area contributed by atoms with E-state index in [0.29, 0.717) is 11.4 Å². The van der Waals surface area contributed by atoms with Crippen LogP contribution in [0.1, 0.15) is 17.3 Å². The summed E-state index contributed by atoms with van der Waals surface area (Å²) in [5, 5.41) is 11.3. The lowest BCUT2D eigenvalue weighted by Gasteiger charge is -2.05. The van der Waals surface area contributed by atoms with Crippen molar-refractivity contribution in [3.63, 3.8) is 0 Å². The number of benzene rings is 2. The molecule has 3 rings (SSSR count). The molecule has 0 aliphatic heterocycles. The Kier molecular flexibility index (Phi) is 3.80. The van der Waals surface area contributed by atoms with Crippen LogP contribution in [0.3, 0.4) is 0 Å². The number of aromatic hydroxyl groups is 1. The van der Waals surface area contributed by atoms with Gasteiger partial charge in [-0.05, 0) is 35.9 Å². The van der Waals surface area contributed by atoms with Gasteiger partial charge in [-0.3, -0.25) is 4.79 Å². The lowest BCUT2D eigenvalue weighted by molar-refractivity contribution is 0.0523. The Labute approximate surface area is 131 Å². The first-order chi connectivity index (χ1) is 11.1. The minimum Gasteiger partial charge on any atom is -0.508 e. The van der Waals surface area contributed by atoms with Gasteiger partial charge in [0.2, 0.25) is 0 Å². The molecule has 0 aliphatic rings. The largest absolute Gasteiger partial charge is 0.508 e. The minimum absolute atomic E-state index is 0.124. The van der Waals surface area contributed by atoms with Gasteiger partial charge < -0.3 is 14.8 Å². The molecule has 3 aromatic rings. The molecule has 0 spiro atoms. The number of nitrogens with zero attached hydrogens (tertiary/aromatic N) is 1. The number of H-pyrrole nitrogens is 1. The van der Waals surface area contributed by atoms with E-state index < -0.39 is 11.5 Å². The van der Waals surface area contributed by atoms with Gasteiger partial charge >= 0.3 is 5.97 Å². The van der Waals surface area contributed by atoms with E-state index in [0.717, 1.165) is 10.8 Å². The maximum Gasteiger partial charge on any atom is 0.345 e. The third-order valence-electron chi connectivity index (χ3n) is 3.39. The molecule has 6 heteroatoms. The number of phenols is 1. The highest BCUT2D eigenvalue weighted by atomic mass is 16.5. The van der Waals surface area contributed by atoms with Crippen LogP contribution in [0, 0.1) is 0 Å². The maximum atomic E-state index is 12.0. The van der Waals surface area contributed by atoms with Crippen LogP contribution >= 0.6 is 0 Å². The highest BCUT2D eigenvalue weighted by Gasteiger charge is 2.13. The summed E-state index contributed by atoms with van der Waals surface area (Å²) in [6, 6.07) is 10.5. The van der Waals surface area contributed by atoms with Crippen molar-refractivity contribution in [2.45, 2.75) is 6.92 Å². The molecule has 1 heterocycles. The van der Waals surface area contributed by atoms with Gasteiger partial charge in [-0.15, -0.1) is 0 Å². The van der Waals surface area contributed by atoms with E-state index in [1.807, 2.05) is 12.1 Å². The van der Waals surface area contributed by atoms with Gasteiger partial charge in [-0.2, -0.15) is 0 Å². The SMILES string of the molecule is CCOC(=O)c1cnc(-c2ccc3cc(O)ccc3c2)[nH]c1=O. The highest BCUT2D eigenvalue weighted by Crippen LogP contribution is 2.24. The van der Waals surface area contributed by atoms with Crippen LogP contribution in [-0.2, 0) is 4.74 Å². The Morgan fingerprint density at radius 2 is 1.96 bits per heavy atom. The number of nitrogens with one attached hydrogen (secondary N) is 1. The number of aromatic amines is 1. The van der Waals surface area contributed by atoms with Crippen LogP contribution in [0.5, 0.6) is 5.75 Å². The summed E-state index contributed by atoms with van der Waals surface area (Å²) >= 11 is 0. The quantitative estimate of drug-likeness (QED) is 0.725. The fraction of sp³-hybridized carbons (Fsp3) is 0.118. The number of rotatable bonds is 3. The zero-order valence-electron chi connectivity index (χ0n) is 12.4. The molecule has 0 fully saturated rings. The molecule has 116 valence electrons. The van der Waals surface area contributed by atoms with E-state index in [4.69, 9.17) is 4.74 Å². The van der Waals surface area contributed by atoms with E-state index in [9.17, 15) is 14.7 Å². The molecule has 1 aromatic heterocycles. The van der Waals surface area contributed by atoms with E-state index in [1.54, 1.807) is 31.2 Å². The number of ether oxygens (including phenoxy) is 1. The average Bonchev–Trinajstić information content (AvgIpc) is 2.54. The van der Waals surface area contributed by atoms with Crippen molar-refractivity contribution >= 4 is 16.7 Å². The fourth-order valence-corrected chi connectivity index (χ4v) is 2.28. The lowest BCUT2D eigenvalue weighted by atomic mass is 10.1. The first-order valence-electron chi connectivity index (χ1n) is 7.08. The van der Waals surface area contributed by atoms with Crippen LogP contribution in [0.4, 0.5) is 0 Å². The van der Waals surface area contributed by atoms with Crippen LogP contribution in [0.2, 0.25) is 0 Å². The predicted octanol–water partition coefficient (Wildman–Crippen LogP) is 2.47. The maximum absolute atomic E-state index is 12.0. The van der Waals surface area contributed by atoms with Gasteiger partial charge in [0.1, 0.15) is 17.1 Å². The van der Waals surface area contributed by atoms with Gasteiger partial charge in [-0.1, -0.05) is 18.2 Å². The molecule has 0 amide bonds. The van der Waals surface area contributed by atoms with Gasteiger partial charge in [0.05, 0.1) is 6.61 Å². The van der Waals surface area contributed by atoms with Crippen LogP contribution in [-0.4, -0.2) is 27.7 Å². The van der Waals surface area contributed by atoms with Crippen LogP contribution in [0.25, 0.3) is 22.2 Å². The third kappa shape index (κ3) is 2.91. The molecule has 0 radical (unpaired) electrons. The summed E-state index contributed by atoms with van der Waals surface area (Å²) < 4.78 is 4.80. The minimum atomic E-state index is -0.693. The normalized spacial score (nSPS) is 10.7. The van der Waals surface area contributed by atoms with Crippen molar-refractivity contribution in [2.75, 3.05) is 6.61 Å². The topological polar surface area (TPSA) is 92.3 Å². The summed E-state index contributed by atoms with van der Waals surface area (Å²) in [7, 11) is 0. The lowest BCUT2D eigenvalue weighted by Crippen LogP contribution is -2.20. The van der Waals surface area contributed by atoms with E-state index >= 15 is 0 Å². The Morgan fingerprint density at radius 1 is 1.22 bits per heavy atom. The summed E-state index contributed by atoms with van der Waals surface area (Å²) in [5.74, 6) is -0.143. The number of carbonyl (C=O) groups excluding carboxylic acids is 1. The molecule has 0 unspecified atom stereocenters. The number of hydrogen-bond acceptors (Lipinski definition) is 5. The first-order valence-corrected chi connectivity index (χ1v) is 7.08.